The minimum Gasteiger partial charge on any atom is -0.497 e. The zero-order valence-electron chi connectivity index (χ0n) is 13.0. The van der Waals surface area contributed by atoms with Crippen molar-refractivity contribution < 1.29 is 9.15 Å². The van der Waals surface area contributed by atoms with Gasteiger partial charge in [-0.05, 0) is 37.1 Å². The van der Waals surface area contributed by atoms with Crippen LogP contribution in [-0.2, 0) is 0 Å². The van der Waals surface area contributed by atoms with Gasteiger partial charge in [0.15, 0.2) is 0 Å². The molecule has 0 saturated carbocycles. The second kappa shape index (κ2) is 7.32. The Hall–Kier alpha value is -2.74. The van der Waals surface area contributed by atoms with E-state index in [1.807, 2.05) is 43.3 Å². The van der Waals surface area contributed by atoms with Gasteiger partial charge in [-0.15, -0.1) is 0 Å². The average molecular weight is 297 g/mol. The van der Waals surface area contributed by atoms with Gasteiger partial charge in [0.25, 0.3) is 0 Å². The predicted molar refractivity (Wildman–Crippen MR) is 86.5 cm³/mol. The van der Waals surface area contributed by atoms with Crippen molar-refractivity contribution in [2.24, 2.45) is 0 Å². The smallest absolute Gasteiger partial charge is 0.232 e. The van der Waals surface area contributed by atoms with E-state index in [1.54, 1.807) is 13.2 Å². The van der Waals surface area contributed by atoms with E-state index in [4.69, 9.17) is 14.4 Å². The van der Waals surface area contributed by atoms with Crippen LogP contribution in [0.3, 0.4) is 0 Å². The molecule has 114 valence electrons. The lowest BCUT2D eigenvalue weighted by Gasteiger charge is -2.08. The third-order valence-electron chi connectivity index (χ3n) is 3.25. The van der Waals surface area contributed by atoms with Crippen molar-refractivity contribution >= 4 is 18.0 Å². The summed E-state index contributed by atoms with van der Waals surface area (Å²) in [5, 5.41) is 12.3. The third-order valence-corrected chi connectivity index (χ3v) is 3.25. The topological polar surface area (TPSA) is 71.1 Å². The molecule has 5 heteroatoms. The fourth-order valence-corrected chi connectivity index (χ4v) is 1.82. The van der Waals surface area contributed by atoms with Crippen molar-refractivity contribution in [2.45, 2.75) is 26.3 Å². The number of aromatic nitrogens is 1. The van der Waals surface area contributed by atoms with Gasteiger partial charge in [-0.2, -0.15) is 10.2 Å². The maximum Gasteiger partial charge on any atom is 0.232 e. The van der Waals surface area contributed by atoms with Crippen molar-refractivity contribution in [1.29, 1.82) is 5.26 Å². The van der Waals surface area contributed by atoms with Crippen LogP contribution in [0, 0.1) is 11.3 Å². The van der Waals surface area contributed by atoms with Crippen LogP contribution in [0.5, 0.6) is 5.75 Å². The molecule has 2 aromatic rings. The number of rotatable bonds is 6. The van der Waals surface area contributed by atoms with Gasteiger partial charge in [0.2, 0.25) is 17.5 Å². The Balaban J connectivity index is 2.19. The van der Waals surface area contributed by atoms with E-state index >= 15 is 0 Å². The Kier molecular flexibility index (Phi) is 5.21. The molecule has 1 heterocycles. The van der Waals surface area contributed by atoms with Gasteiger partial charge in [0.05, 0.1) is 7.11 Å². The van der Waals surface area contributed by atoms with Gasteiger partial charge < -0.3 is 14.5 Å². The van der Waals surface area contributed by atoms with Crippen LogP contribution in [0.2, 0.25) is 0 Å². The molecule has 1 unspecified atom stereocenters. The second-order valence-corrected chi connectivity index (χ2v) is 4.91. The van der Waals surface area contributed by atoms with Gasteiger partial charge in [0, 0.05) is 12.1 Å². The van der Waals surface area contributed by atoms with Gasteiger partial charge in [-0.3, -0.25) is 0 Å². The van der Waals surface area contributed by atoms with Crippen molar-refractivity contribution in [3.05, 3.63) is 41.4 Å². The van der Waals surface area contributed by atoms with E-state index in [1.165, 1.54) is 0 Å². The lowest BCUT2D eigenvalue weighted by atomic mass is 10.2. The Bertz CT molecular complexity index is 698. The van der Waals surface area contributed by atoms with E-state index in [9.17, 15) is 0 Å². The van der Waals surface area contributed by atoms with Crippen molar-refractivity contribution in [3.8, 4) is 11.8 Å². The fraction of sp³-hybridized carbons (Fsp3) is 0.294. The number of methoxy groups -OCH3 is 1. The summed E-state index contributed by atoms with van der Waals surface area (Å²) >= 11 is 0. The molecule has 0 saturated heterocycles. The molecule has 0 radical (unpaired) electrons. The first kappa shape index (κ1) is 15.6. The largest absolute Gasteiger partial charge is 0.497 e. The summed E-state index contributed by atoms with van der Waals surface area (Å²) < 4.78 is 10.8. The highest BCUT2D eigenvalue weighted by Crippen LogP contribution is 2.20. The molecule has 0 amide bonds. The SMILES string of the molecule is CCC(C)Nc1oc(/C=C/c2cccc(OC)c2)nc1C#N. The Morgan fingerprint density at radius 2 is 2.27 bits per heavy atom. The summed E-state index contributed by atoms with van der Waals surface area (Å²) in [7, 11) is 1.63. The molecule has 0 fully saturated rings. The molecule has 0 spiro atoms. The molecular formula is C17H19N3O2. The Labute approximate surface area is 130 Å². The van der Waals surface area contributed by atoms with Crippen LogP contribution in [0.1, 0.15) is 37.4 Å². The third kappa shape index (κ3) is 3.89. The zero-order valence-corrected chi connectivity index (χ0v) is 13.0. The summed E-state index contributed by atoms with van der Waals surface area (Å²) in [6.07, 6.45) is 4.53. The number of nitriles is 1. The first-order valence-electron chi connectivity index (χ1n) is 7.15. The van der Waals surface area contributed by atoms with Gasteiger partial charge in [-0.25, -0.2) is 0 Å². The van der Waals surface area contributed by atoms with Crippen LogP contribution >= 0.6 is 0 Å². The number of hydrogen-bond donors (Lipinski definition) is 1. The quantitative estimate of drug-likeness (QED) is 0.874. The summed E-state index contributed by atoms with van der Waals surface area (Å²) in [6.45, 7) is 4.08. The Morgan fingerprint density at radius 1 is 1.45 bits per heavy atom. The zero-order chi connectivity index (χ0) is 15.9. The van der Waals surface area contributed by atoms with Gasteiger partial charge >= 0.3 is 0 Å². The van der Waals surface area contributed by atoms with Crippen LogP contribution < -0.4 is 10.1 Å². The lowest BCUT2D eigenvalue weighted by molar-refractivity contribution is 0.414. The molecule has 2 rings (SSSR count). The van der Waals surface area contributed by atoms with E-state index in [-0.39, 0.29) is 11.7 Å². The first-order valence-corrected chi connectivity index (χ1v) is 7.15. The number of nitrogens with one attached hydrogen (secondary N) is 1. The van der Waals surface area contributed by atoms with E-state index in [0.29, 0.717) is 11.8 Å². The number of hydrogen-bond acceptors (Lipinski definition) is 5. The number of anilines is 1. The molecule has 0 bridgehead atoms. The maximum atomic E-state index is 9.12. The normalized spacial score (nSPS) is 12.1. The van der Waals surface area contributed by atoms with E-state index in [2.05, 4.69) is 17.2 Å². The Morgan fingerprint density at radius 3 is 2.95 bits per heavy atom. The van der Waals surface area contributed by atoms with Crippen LogP contribution in [0.25, 0.3) is 12.2 Å². The highest BCUT2D eigenvalue weighted by Gasteiger charge is 2.12. The fourth-order valence-electron chi connectivity index (χ4n) is 1.82. The van der Waals surface area contributed by atoms with Gasteiger partial charge in [0.1, 0.15) is 11.8 Å². The first-order chi connectivity index (χ1) is 10.7. The van der Waals surface area contributed by atoms with E-state index < -0.39 is 0 Å². The second-order valence-electron chi connectivity index (χ2n) is 4.91. The number of ether oxygens (including phenoxy) is 1. The molecule has 0 aliphatic heterocycles. The van der Waals surface area contributed by atoms with Crippen LogP contribution in [-0.4, -0.2) is 18.1 Å². The minimum absolute atomic E-state index is 0.218. The number of benzene rings is 1. The lowest BCUT2D eigenvalue weighted by Crippen LogP contribution is -2.13. The molecule has 0 aliphatic carbocycles. The van der Waals surface area contributed by atoms with Crippen molar-refractivity contribution in [1.82, 2.24) is 4.98 Å². The van der Waals surface area contributed by atoms with Crippen molar-refractivity contribution in [3.63, 3.8) is 0 Å². The summed E-state index contributed by atoms with van der Waals surface area (Å²) in [5.41, 5.74) is 1.23. The molecule has 5 nitrogen and oxygen atoms in total. The van der Waals surface area contributed by atoms with Crippen molar-refractivity contribution in [2.75, 3.05) is 12.4 Å². The number of oxazole rings is 1. The molecule has 1 aromatic heterocycles. The van der Waals surface area contributed by atoms with Gasteiger partial charge in [-0.1, -0.05) is 19.1 Å². The molecule has 1 N–H and O–H groups in total. The minimum atomic E-state index is 0.218. The maximum absolute atomic E-state index is 9.12. The molecule has 0 aliphatic rings. The number of nitrogens with zero attached hydrogens (tertiary/aromatic N) is 2. The molecular weight excluding hydrogens is 278 g/mol. The van der Waals surface area contributed by atoms with E-state index in [0.717, 1.165) is 17.7 Å². The summed E-state index contributed by atoms with van der Waals surface area (Å²) in [4.78, 5) is 4.17. The van der Waals surface area contributed by atoms with Crippen LogP contribution in [0.15, 0.2) is 28.7 Å². The summed E-state index contributed by atoms with van der Waals surface area (Å²) in [6, 6.07) is 9.90. The predicted octanol–water partition coefficient (Wildman–Crippen LogP) is 3.94. The highest BCUT2D eigenvalue weighted by molar-refractivity contribution is 5.67. The monoisotopic (exact) mass is 297 g/mol. The highest BCUT2D eigenvalue weighted by atomic mass is 16.5. The molecule has 1 aromatic carbocycles. The standard InChI is InChI=1S/C17H19N3O2/c1-4-12(2)19-17-15(11-18)20-16(22-17)9-8-13-6-5-7-14(10-13)21-3/h5-10,12,19H,4H2,1-3H3/b9-8+. The molecule has 1 atom stereocenters. The molecule has 22 heavy (non-hydrogen) atoms. The summed E-state index contributed by atoms with van der Waals surface area (Å²) in [5.74, 6) is 1.60. The average Bonchev–Trinajstić information content (AvgIpc) is 2.94. The van der Waals surface area contributed by atoms with Crippen LogP contribution in [0.4, 0.5) is 5.88 Å².